The van der Waals surface area contributed by atoms with E-state index in [2.05, 4.69) is 14.0 Å². The molecule has 0 bridgehead atoms. The number of carbonyl (C=O) groups excluding carboxylic acids is 1. The summed E-state index contributed by atoms with van der Waals surface area (Å²) in [5, 5.41) is 0. The number of piperazine rings is 1. The molecule has 0 aromatic heterocycles. The molecule has 0 N–H and O–H groups in total. The van der Waals surface area contributed by atoms with Gasteiger partial charge in [-0.25, -0.2) is 8.42 Å². The van der Waals surface area contributed by atoms with Crippen LogP contribution in [0.5, 0.6) is 0 Å². The van der Waals surface area contributed by atoms with Gasteiger partial charge in [0.2, 0.25) is 0 Å². The van der Waals surface area contributed by atoms with Crippen molar-refractivity contribution in [1.82, 2.24) is 14.7 Å². The van der Waals surface area contributed by atoms with Crippen molar-refractivity contribution in [2.24, 2.45) is 4.40 Å². The number of hydrogen-bond acceptors (Lipinski definition) is 6. The molecular formula is C17H23F3N4O4S. The van der Waals surface area contributed by atoms with Gasteiger partial charge in [-0.05, 0) is 18.6 Å². The third-order valence-corrected chi connectivity index (χ3v) is 5.93. The number of carbonyl (C=O) groups is 1. The molecular weight excluding hydrogens is 413 g/mol. The van der Waals surface area contributed by atoms with Gasteiger partial charge in [0, 0.05) is 52.1 Å². The molecule has 29 heavy (non-hydrogen) atoms. The van der Waals surface area contributed by atoms with Crippen LogP contribution in [0.25, 0.3) is 0 Å². The minimum Gasteiger partial charge on any atom is -0.372 e. The van der Waals surface area contributed by atoms with Crippen LogP contribution in [0.3, 0.4) is 0 Å². The smallest absolute Gasteiger partial charge is 0.372 e. The first-order valence-electron chi connectivity index (χ1n) is 9.29. The molecule has 0 unspecified atom stereocenters. The highest BCUT2D eigenvalue weighted by molar-refractivity contribution is 7.90. The van der Waals surface area contributed by atoms with E-state index in [0.717, 1.165) is 0 Å². The van der Waals surface area contributed by atoms with E-state index in [1.54, 1.807) is 28.2 Å². The van der Waals surface area contributed by atoms with Crippen LogP contribution in [-0.2, 0) is 19.6 Å². The van der Waals surface area contributed by atoms with Crippen molar-refractivity contribution in [1.29, 1.82) is 0 Å². The van der Waals surface area contributed by atoms with Crippen LogP contribution < -0.4 is 0 Å². The Kier molecular flexibility index (Phi) is 6.64. The number of halogens is 3. The fraction of sp³-hybridized carbons (Fsp3) is 0.647. The summed E-state index contributed by atoms with van der Waals surface area (Å²) in [6.07, 6.45) is 1.13. The number of amides is 1. The van der Waals surface area contributed by atoms with Crippen LogP contribution in [0, 0.1) is 0 Å². The van der Waals surface area contributed by atoms with Gasteiger partial charge < -0.3 is 14.5 Å². The van der Waals surface area contributed by atoms with E-state index in [4.69, 9.17) is 0 Å². The van der Waals surface area contributed by atoms with Crippen LogP contribution in [0.15, 0.2) is 28.3 Å². The van der Waals surface area contributed by atoms with Crippen molar-refractivity contribution in [3.63, 3.8) is 0 Å². The van der Waals surface area contributed by atoms with Crippen molar-refractivity contribution in [2.75, 3.05) is 58.2 Å². The zero-order chi connectivity index (χ0) is 21.1. The molecule has 0 spiro atoms. The van der Waals surface area contributed by atoms with Gasteiger partial charge in [0.05, 0.1) is 11.3 Å². The summed E-state index contributed by atoms with van der Waals surface area (Å²) in [4.78, 5) is 18.3. The molecule has 0 radical (unpaired) electrons. The number of sulfonamides is 1. The van der Waals surface area contributed by atoms with E-state index in [-0.39, 0.29) is 36.2 Å². The standard InChI is InChI=1S/C17H23F3N4O4S/c18-17(19,20)13-28-11-2-4-22-6-8-24(9-7-22)16(25)14-3-1-5-23-10-12-29(26,27)21-15(14)23/h1,3,5H,2,4,6-13H2. The Bertz CT molecular complexity index is 815. The second kappa shape index (κ2) is 8.84. The normalized spacial score (nSPS) is 22.2. The van der Waals surface area contributed by atoms with Gasteiger partial charge in [0.15, 0.2) is 5.84 Å². The SMILES string of the molecule is O=C(C1=CC=CN2CCS(=O)(=O)N=C12)N1CCN(CCCOCC(F)(F)F)CC1. The third-order valence-electron chi connectivity index (χ3n) is 4.78. The quantitative estimate of drug-likeness (QED) is 0.567. The summed E-state index contributed by atoms with van der Waals surface area (Å²) in [5.74, 6) is -0.204. The number of allylic oxidation sites excluding steroid dienone is 2. The highest BCUT2D eigenvalue weighted by Gasteiger charge is 2.33. The monoisotopic (exact) mass is 436 g/mol. The van der Waals surface area contributed by atoms with Crippen LogP contribution in [0.4, 0.5) is 13.2 Å². The molecule has 3 aliphatic rings. The van der Waals surface area contributed by atoms with Gasteiger partial charge >= 0.3 is 6.18 Å². The summed E-state index contributed by atoms with van der Waals surface area (Å²) < 4.78 is 68.1. The van der Waals surface area contributed by atoms with Gasteiger partial charge in [-0.15, -0.1) is 4.40 Å². The Morgan fingerprint density at radius 1 is 1.17 bits per heavy atom. The first-order valence-corrected chi connectivity index (χ1v) is 10.9. The number of fused-ring (bicyclic) bond motifs is 1. The lowest BCUT2D eigenvalue weighted by molar-refractivity contribution is -0.174. The van der Waals surface area contributed by atoms with Crippen molar-refractivity contribution >= 4 is 21.8 Å². The second-order valence-electron chi connectivity index (χ2n) is 6.97. The molecule has 0 saturated carbocycles. The summed E-state index contributed by atoms with van der Waals surface area (Å²) in [5.41, 5.74) is 0.254. The van der Waals surface area contributed by atoms with Gasteiger partial charge in [0.25, 0.3) is 15.9 Å². The molecule has 162 valence electrons. The largest absolute Gasteiger partial charge is 0.411 e. The van der Waals surface area contributed by atoms with Crippen molar-refractivity contribution in [2.45, 2.75) is 12.6 Å². The number of nitrogens with zero attached hydrogens (tertiary/aromatic N) is 4. The zero-order valence-electron chi connectivity index (χ0n) is 15.8. The van der Waals surface area contributed by atoms with E-state index in [9.17, 15) is 26.4 Å². The Hall–Kier alpha value is -1.92. The molecule has 0 aliphatic carbocycles. The summed E-state index contributed by atoms with van der Waals surface area (Å²) in [7, 11) is -3.57. The Morgan fingerprint density at radius 3 is 2.59 bits per heavy atom. The van der Waals surface area contributed by atoms with Gasteiger partial charge in [-0.1, -0.05) is 0 Å². The maximum absolute atomic E-state index is 12.9. The van der Waals surface area contributed by atoms with E-state index in [0.29, 0.717) is 39.1 Å². The highest BCUT2D eigenvalue weighted by Crippen LogP contribution is 2.20. The van der Waals surface area contributed by atoms with Crippen LogP contribution >= 0.6 is 0 Å². The summed E-state index contributed by atoms with van der Waals surface area (Å²) in [6.45, 7) is 1.70. The molecule has 0 aromatic rings. The lowest BCUT2D eigenvalue weighted by Gasteiger charge is -2.36. The first-order chi connectivity index (χ1) is 13.6. The molecule has 8 nitrogen and oxygen atoms in total. The Morgan fingerprint density at radius 2 is 1.90 bits per heavy atom. The number of rotatable bonds is 6. The van der Waals surface area contributed by atoms with E-state index in [1.165, 1.54) is 0 Å². The minimum atomic E-state index is -4.31. The fourth-order valence-electron chi connectivity index (χ4n) is 3.31. The van der Waals surface area contributed by atoms with Gasteiger partial charge in [-0.3, -0.25) is 9.69 Å². The predicted octanol–water partition coefficient (Wildman–Crippen LogP) is 0.597. The summed E-state index contributed by atoms with van der Waals surface area (Å²) in [6, 6.07) is 0. The topological polar surface area (TPSA) is 82.5 Å². The van der Waals surface area contributed by atoms with E-state index >= 15 is 0 Å². The number of ether oxygens (including phenoxy) is 1. The van der Waals surface area contributed by atoms with Crippen molar-refractivity contribution in [3.05, 3.63) is 23.9 Å². The van der Waals surface area contributed by atoms with Crippen molar-refractivity contribution < 1.29 is 31.1 Å². The molecule has 1 saturated heterocycles. The molecule has 1 fully saturated rings. The van der Waals surface area contributed by atoms with Gasteiger partial charge in [0.1, 0.15) is 6.61 Å². The molecule has 1 amide bonds. The lowest BCUT2D eigenvalue weighted by atomic mass is 10.1. The van der Waals surface area contributed by atoms with Crippen LogP contribution in [0.1, 0.15) is 6.42 Å². The summed E-state index contributed by atoms with van der Waals surface area (Å²) >= 11 is 0. The zero-order valence-corrected chi connectivity index (χ0v) is 16.6. The first kappa shape index (κ1) is 21.8. The average molecular weight is 436 g/mol. The molecule has 3 rings (SSSR count). The second-order valence-corrected chi connectivity index (χ2v) is 8.73. The molecule has 12 heteroatoms. The lowest BCUT2D eigenvalue weighted by Crippen LogP contribution is -2.51. The number of amidine groups is 1. The van der Waals surface area contributed by atoms with Crippen LogP contribution in [0.2, 0.25) is 0 Å². The Balaban J connectivity index is 1.48. The van der Waals surface area contributed by atoms with Crippen LogP contribution in [-0.4, -0.2) is 99.3 Å². The number of hydrogen-bond donors (Lipinski definition) is 0. The highest BCUT2D eigenvalue weighted by atomic mass is 32.2. The molecule has 0 aromatic carbocycles. The van der Waals surface area contributed by atoms with Gasteiger partial charge in [-0.2, -0.15) is 13.2 Å². The maximum Gasteiger partial charge on any atom is 0.411 e. The fourth-order valence-corrected chi connectivity index (χ4v) is 4.29. The minimum absolute atomic E-state index is 0.0298. The average Bonchev–Trinajstić information content (AvgIpc) is 2.65. The van der Waals surface area contributed by atoms with E-state index < -0.39 is 22.8 Å². The number of alkyl halides is 3. The van der Waals surface area contributed by atoms with E-state index in [1.807, 2.05) is 0 Å². The van der Waals surface area contributed by atoms with Crippen molar-refractivity contribution in [3.8, 4) is 0 Å². The predicted molar refractivity (Wildman–Crippen MR) is 99.7 cm³/mol. The molecule has 0 atom stereocenters. The third kappa shape index (κ3) is 6.03. The molecule has 3 heterocycles. The maximum atomic E-state index is 12.9. The Labute approximate surface area is 167 Å². The molecule has 3 aliphatic heterocycles.